The maximum Gasteiger partial charge on any atom is 0.272 e. The first-order valence-electron chi connectivity index (χ1n) is 7.53. The minimum absolute atomic E-state index is 0.0539. The van der Waals surface area contributed by atoms with E-state index in [0.717, 1.165) is 0 Å². The van der Waals surface area contributed by atoms with Gasteiger partial charge >= 0.3 is 0 Å². The molecule has 0 radical (unpaired) electrons. The Balaban J connectivity index is 2.15. The Morgan fingerprint density at radius 1 is 1.09 bits per heavy atom. The maximum atomic E-state index is 12.4. The summed E-state index contributed by atoms with van der Waals surface area (Å²) in [6.07, 6.45) is 1.64. The van der Waals surface area contributed by atoms with Gasteiger partial charge in [-0.15, -0.1) is 0 Å². The molecule has 0 saturated carbocycles. The van der Waals surface area contributed by atoms with E-state index in [1.165, 1.54) is 5.56 Å². The molecule has 2 rings (SSSR count). The molecule has 1 aromatic heterocycles. The minimum atomic E-state index is -0.0539. The Bertz CT molecular complexity index is 611. The molecular weight excluding hydrogens is 276 g/mol. The first-order chi connectivity index (χ1) is 10.7. The molecule has 1 amide bonds. The van der Waals surface area contributed by atoms with Crippen molar-refractivity contribution in [3.05, 3.63) is 53.9 Å². The highest BCUT2D eigenvalue weighted by atomic mass is 16.2. The van der Waals surface area contributed by atoms with E-state index >= 15 is 0 Å². The van der Waals surface area contributed by atoms with Gasteiger partial charge in [0.05, 0.1) is 0 Å². The second-order valence-electron chi connectivity index (χ2n) is 5.06. The van der Waals surface area contributed by atoms with Crippen molar-refractivity contribution < 1.29 is 4.79 Å². The van der Waals surface area contributed by atoms with Crippen LogP contribution in [-0.2, 0) is 6.54 Å². The number of amides is 1. The first kappa shape index (κ1) is 15.9. The predicted molar refractivity (Wildman–Crippen MR) is 87.8 cm³/mol. The zero-order valence-corrected chi connectivity index (χ0v) is 13.4. The van der Waals surface area contributed by atoms with Crippen LogP contribution in [0.1, 0.15) is 29.9 Å². The van der Waals surface area contributed by atoms with Gasteiger partial charge in [0, 0.05) is 32.9 Å². The maximum absolute atomic E-state index is 12.4. The number of carbonyl (C=O) groups is 1. The molecule has 0 aliphatic rings. The highest BCUT2D eigenvalue weighted by Gasteiger charge is 2.15. The number of carbonyl (C=O) groups excluding carboxylic acids is 1. The fraction of sp³-hybridized carbons (Fsp3) is 0.353. The van der Waals surface area contributed by atoms with Crippen molar-refractivity contribution in [3.63, 3.8) is 0 Å². The van der Waals surface area contributed by atoms with Crippen LogP contribution in [0, 0.1) is 0 Å². The Labute approximate surface area is 131 Å². The van der Waals surface area contributed by atoms with Crippen LogP contribution in [0.5, 0.6) is 0 Å². The summed E-state index contributed by atoms with van der Waals surface area (Å²) in [6.45, 7) is 5.98. The smallest absolute Gasteiger partial charge is 0.272 e. The van der Waals surface area contributed by atoms with E-state index in [4.69, 9.17) is 0 Å². The molecule has 5 heteroatoms. The Morgan fingerprint density at radius 3 is 2.41 bits per heavy atom. The topological polar surface area (TPSA) is 49.3 Å². The van der Waals surface area contributed by atoms with E-state index in [1.54, 1.807) is 17.2 Å². The van der Waals surface area contributed by atoms with Crippen LogP contribution >= 0.6 is 0 Å². The highest BCUT2D eigenvalue weighted by Crippen LogP contribution is 2.11. The van der Waals surface area contributed by atoms with Gasteiger partial charge in [0.25, 0.3) is 5.91 Å². The molecule has 0 spiro atoms. The molecule has 0 atom stereocenters. The number of hydrogen-bond acceptors (Lipinski definition) is 4. The molecule has 5 nitrogen and oxygen atoms in total. The lowest BCUT2D eigenvalue weighted by Gasteiger charge is -2.20. The van der Waals surface area contributed by atoms with Crippen molar-refractivity contribution in [2.24, 2.45) is 0 Å². The number of hydrogen-bond donors (Lipinski definition) is 0. The van der Waals surface area contributed by atoms with Crippen LogP contribution in [0.15, 0.2) is 42.6 Å². The summed E-state index contributed by atoms with van der Waals surface area (Å²) in [5.41, 5.74) is 1.61. The molecule has 0 saturated heterocycles. The third-order valence-electron chi connectivity index (χ3n) is 3.52. The standard InChI is InChI=1S/C17H22N4O/c1-4-21(5-2)16(22)15-11-12-18-17(19-15)20(3)13-14-9-7-6-8-10-14/h6-12H,4-5,13H2,1-3H3. The van der Waals surface area contributed by atoms with E-state index in [2.05, 4.69) is 22.1 Å². The molecule has 0 unspecified atom stereocenters. The van der Waals surface area contributed by atoms with Crippen LogP contribution in [0.4, 0.5) is 5.95 Å². The van der Waals surface area contributed by atoms with Crippen LogP contribution in [0.3, 0.4) is 0 Å². The number of nitrogens with zero attached hydrogens (tertiary/aromatic N) is 4. The second-order valence-corrected chi connectivity index (χ2v) is 5.06. The molecule has 0 bridgehead atoms. The molecular formula is C17H22N4O. The number of benzene rings is 1. The monoisotopic (exact) mass is 298 g/mol. The van der Waals surface area contributed by atoms with Gasteiger partial charge in [-0.2, -0.15) is 0 Å². The lowest BCUT2D eigenvalue weighted by Crippen LogP contribution is -2.31. The summed E-state index contributed by atoms with van der Waals surface area (Å²) in [7, 11) is 1.92. The fourth-order valence-electron chi connectivity index (χ4n) is 2.25. The molecule has 0 aliphatic heterocycles. The van der Waals surface area contributed by atoms with Gasteiger partial charge in [-0.3, -0.25) is 4.79 Å². The molecule has 0 N–H and O–H groups in total. The molecule has 1 heterocycles. The van der Waals surface area contributed by atoms with Crippen molar-refractivity contribution in [2.45, 2.75) is 20.4 Å². The molecule has 2 aromatic rings. The third kappa shape index (κ3) is 3.81. The first-order valence-corrected chi connectivity index (χ1v) is 7.53. The van der Waals surface area contributed by atoms with E-state index in [9.17, 15) is 4.79 Å². The summed E-state index contributed by atoms with van der Waals surface area (Å²) >= 11 is 0. The van der Waals surface area contributed by atoms with Gasteiger partial charge in [0.15, 0.2) is 0 Å². The summed E-state index contributed by atoms with van der Waals surface area (Å²) in [5.74, 6) is 0.503. The average molecular weight is 298 g/mol. The Kier molecular flexibility index (Phi) is 5.47. The summed E-state index contributed by atoms with van der Waals surface area (Å²) in [4.78, 5) is 24.7. The van der Waals surface area contributed by atoms with Gasteiger partial charge in [0.2, 0.25) is 5.95 Å². The van der Waals surface area contributed by atoms with Crippen molar-refractivity contribution in [3.8, 4) is 0 Å². The number of anilines is 1. The summed E-state index contributed by atoms with van der Waals surface area (Å²) < 4.78 is 0. The zero-order valence-electron chi connectivity index (χ0n) is 13.4. The van der Waals surface area contributed by atoms with E-state index < -0.39 is 0 Å². The largest absolute Gasteiger partial charge is 0.340 e. The van der Waals surface area contributed by atoms with Crippen LogP contribution in [-0.4, -0.2) is 40.9 Å². The molecule has 22 heavy (non-hydrogen) atoms. The Hall–Kier alpha value is -2.43. The predicted octanol–water partition coefficient (Wildman–Crippen LogP) is 2.60. The molecule has 116 valence electrons. The Morgan fingerprint density at radius 2 is 1.77 bits per heavy atom. The normalized spacial score (nSPS) is 10.3. The summed E-state index contributed by atoms with van der Waals surface area (Å²) in [6, 6.07) is 11.8. The van der Waals surface area contributed by atoms with Crippen LogP contribution in [0.2, 0.25) is 0 Å². The van der Waals surface area contributed by atoms with Crippen molar-refractivity contribution >= 4 is 11.9 Å². The van der Waals surface area contributed by atoms with Gasteiger partial charge < -0.3 is 9.80 Å². The lowest BCUT2D eigenvalue weighted by atomic mass is 10.2. The van der Waals surface area contributed by atoms with Crippen molar-refractivity contribution in [1.29, 1.82) is 0 Å². The van der Waals surface area contributed by atoms with Crippen LogP contribution < -0.4 is 4.90 Å². The van der Waals surface area contributed by atoms with E-state index in [0.29, 0.717) is 31.3 Å². The zero-order chi connectivity index (χ0) is 15.9. The van der Waals surface area contributed by atoms with Gasteiger partial charge in [-0.05, 0) is 25.5 Å². The van der Waals surface area contributed by atoms with Crippen molar-refractivity contribution in [1.82, 2.24) is 14.9 Å². The van der Waals surface area contributed by atoms with E-state index in [-0.39, 0.29) is 5.91 Å². The number of aromatic nitrogens is 2. The van der Waals surface area contributed by atoms with Gasteiger partial charge in [-0.25, -0.2) is 9.97 Å². The SMILES string of the molecule is CCN(CC)C(=O)c1ccnc(N(C)Cc2ccccc2)n1. The fourth-order valence-corrected chi connectivity index (χ4v) is 2.25. The highest BCUT2D eigenvalue weighted by molar-refractivity contribution is 5.92. The minimum Gasteiger partial charge on any atom is -0.340 e. The number of rotatable bonds is 6. The third-order valence-corrected chi connectivity index (χ3v) is 3.52. The van der Waals surface area contributed by atoms with Crippen LogP contribution in [0.25, 0.3) is 0 Å². The van der Waals surface area contributed by atoms with Crippen molar-refractivity contribution in [2.75, 3.05) is 25.0 Å². The molecule has 0 fully saturated rings. The van der Waals surface area contributed by atoms with Gasteiger partial charge in [0.1, 0.15) is 5.69 Å². The van der Waals surface area contributed by atoms with Gasteiger partial charge in [-0.1, -0.05) is 30.3 Å². The second kappa shape index (κ2) is 7.54. The molecule has 1 aromatic carbocycles. The summed E-state index contributed by atoms with van der Waals surface area (Å²) in [5, 5.41) is 0. The van der Waals surface area contributed by atoms with E-state index in [1.807, 2.05) is 44.0 Å². The lowest BCUT2D eigenvalue weighted by molar-refractivity contribution is 0.0767. The quantitative estimate of drug-likeness (QED) is 0.822. The average Bonchev–Trinajstić information content (AvgIpc) is 2.57. The molecule has 0 aliphatic carbocycles.